The molecule has 1 aromatic rings. The summed E-state index contributed by atoms with van der Waals surface area (Å²) in [5, 5.41) is 9.41. The number of benzene rings is 1. The van der Waals surface area contributed by atoms with Gasteiger partial charge in [-0.3, -0.25) is 0 Å². The van der Waals surface area contributed by atoms with Gasteiger partial charge < -0.3 is 19.5 Å². The normalized spacial score (nSPS) is 20.9. The summed E-state index contributed by atoms with van der Waals surface area (Å²) in [5.74, 6) is 0. The zero-order valence-corrected chi connectivity index (χ0v) is 13.9. The maximum Gasteiger partial charge on any atom is 0.410 e. The van der Waals surface area contributed by atoms with Gasteiger partial charge in [-0.2, -0.15) is 0 Å². The number of hydrogen-bond donors (Lipinski definition) is 1. The average Bonchev–Trinajstić information content (AvgIpc) is 2.95. The minimum atomic E-state index is -0.436. The molecule has 1 fully saturated rings. The van der Waals surface area contributed by atoms with Gasteiger partial charge in [0.2, 0.25) is 0 Å². The van der Waals surface area contributed by atoms with E-state index in [-0.39, 0.29) is 25.4 Å². The van der Waals surface area contributed by atoms with E-state index in [4.69, 9.17) is 9.47 Å². The zero-order chi connectivity index (χ0) is 15.9. The molecule has 1 aliphatic rings. The number of ether oxygens (including phenoxy) is 2. The molecule has 0 unspecified atom stereocenters. The first-order valence-electron chi connectivity index (χ1n) is 7.15. The highest BCUT2D eigenvalue weighted by atomic mass is 79.9. The van der Waals surface area contributed by atoms with Crippen LogP contribution in [0.15, 0.2) is 41.4 Å². The Morgan fingerprint density at radius 1 is 1.45 bits per heavy atom. The largest absolute Gasteiger partial charge is 0.445 e. The number of carbonyl (C=O) groups excluding carboxylic acids is 1. The third-order valence-electron chi connectivity index (χ3n) is 3.54. The van der Waals surface area contributed by atoms with Crippen molar-refractivity contribution in [3.8, 4) is 0 Å². The number of amides is 1. The van der Waals surface area contributed by atoms with E-state index >= 15 is 0 Å². The highest BCUT2D eigenvalue weighted by Crippen LogP contribution is 2.22. The van der Waals surface area contributed by atoms with Crippen LogP contribution in [0, 0.1) is 0 Å². The third-order valence-corrected chi connectivity index (χ3v) is 4.07. The monoisotopic (exact) mass is 369 g/mol. The molecular formula is C16H20BrNO4. The van der Waals surface area contributed by atoms with Crippen LogP contribution in [0.2, 0.25) is 0 Å². The standard InChI is InChI=1S/C16H20BrNO4/c1-2-7-21-16(20)18-9-15(8-14(18)10-19)22-11-12-3-5-13(17)6-4-12/h2-6,14-15,19H,1,7-11H2/t14-,15-/m0/s1. The van der Waals surface area contributed by atoms with Crippen molar-refractivity contribution >= 4 is 22.0 Å². The van der Waals surface area contributed by atoms with Crippen molar-refractivity contribution in [3.63, 3.8) is 0 Å². The minimum absolute atomic E-state index is 0.0959. The number of rotatable bonds is 6. The number of hydrogen-bond acceptors (Lipinski definition) is 4. The molecule has 0 spiro atoms. The highest BCUT2D eigenvalue weighted by Gasteiger charge is 2.36. The molecule has 0 bridgehead atoms. The summed E-state index contributed by atoms with van der Waals surface area (Å²) in [5.41, 5.74) is 1.07. The Labute approximate surface area is 138 Å². The highest BCUT2D eigenvalue weighted by molar-refractivity contribution is 9.10. The Kier molecular flexibility index (Phi) is 6.42. The molecule has 1 heterocycles. The van der Waals surface area contributed by atoms with Crippen LogP contribution in [0.25, 0.3) is 0 Å². The van der Waals surface area contributed by atoms with E-state index in [1.165, 1.54) is 11.0 Å². The Bertz CT molecular complexity index is 505. The van der Waals surface area contributed by atoms with Crippen molar-refractivity contribution in [2.45, 2.75) is 25.2 Å². The van der Waals surface area contributed by atoms with Crippen LogP contribution in [0.5, 0.6) is 0 Å². The average molecular weight is 370 g/mol. The second kappa shape index (κ2) is 8.31. The summed E-state index contributed by atoms with van der Waals surface area (Å²) in [6, 6.07) is 7.63. The van der Waals surface area contributed by atoms with Crippen molar-refractivity contribution in [1.29, 1.82) is 0 Å². The number of halogens is 1. The fraction of sp³-hybridized carbons (Fsp3) is 0.438. The lowest BCUT2D eigenvalue weighted by Gasteiger charge is -2.21. The molecule has 0 radical (unpaired) electrons. The molecule has 1 saturated heterocycles. The van der Waals surface area contributed by atoms with Gasteiger partial charge >= 0.3 is 6.09 Å². The number of nitrogens with zero attached hydrogens (tertiary/aromatic N) is 1. The van der Waals surface area contributed by atoms with E-state index in [0.717, 1.165) is 10.0 Å². The summed E-state index contributed by atoms with van der Waals surface area (Å²) < 4.78 is 11.9. The molecule has 6 heteroatoms. The lowest BCUT2D eigenvalue weighted by atomic mass is 10.2. The van der Waals surface area contributed by atoms with Crippen molar-refractivity contribution in [2.75, 3.05) is 19.8 Å². The SMILES string of the molecule is C=CCOC(=O)N1C[C@@H](OCc2ccc(Br)cc2)C[C@H]1CO. The maximum atomic E-state index is 11.9. The Morgan fingerprint density at radius 2 is 2.18 bits per heavy atom. The van der Waals surface area contributed by atoms with Crippen molar-refractivity contribution in [3.05, 3.63) is 47.0 Å². The Morgan fingerprint density at radius 3 is 2.82 bits per heavy atom. The van der Waals surface area contributed by atoms with E-state index in [2.05, 4.69) is 22.5 Å². The predicted molar refractivity (Wildman–Crippen MR) is 86.5 cm³/mol. The van der Waals surface area contributed by atoms with E-state index in [1.54, 1.807) is 0 Å². The van der Waals surface area contributed by atoms with Gasteiger partial charge in [-0.15, -0.1) is 0 Å². The maximum absolute atomic E-state index is 11.9. The molecule has 1 aromatic carbocycles. The van der Waals surface area contributed by atoms with Crippen LogP contribution >= 0.6 is 15.9 Å². The van der Waals surface area contributed by atoms with E-state index < -0.39 is 6.09 Å². The summed E-state index contributed by atoms with van der Waals surface area (Å²) in [7, 11) is 0. The van der Waals surface area contributed by atoms with Crippen LogP contribution in [0.1, 0.15) is 12.0 Å². The van der Waals surface area contributed by atoms with E-state index in [9.17, 15) is 9.90 Å². The molecule has 0 aliphatic carbocycles. The number of carbonyl (C=O) groups is 1. The summed E-state index contributed by atoms with van der Waals surface area (Å²) in [4.78, 5) is 13.4. The van der Waals surface area contributed by atoms with Crippen LogP contribution in [-0.4, -0.2) is 48.0 Å². The van der Waals surface area contributed by atoms with Gasteiger partial charge in [0.05, 0.1) is 31.9 Å². The Balaban J connectivity index is 1.86. The van der Waals surface area contributed by atoms with Gasteiger partial charge in [0.15, 0.2) is 0 Å². The topological polar surface area (TPSA) is 59.0 Å². The van der Waals surface area contributed by atoms with E-state index in [0.29, 0.717) is 19.6 Å². The first-order chi connectivity index (χ1) is 10.6. The molecule has 1 amide bonds. The number of aliphatic hydroxyl groups excluding tert-OH is 1. The van der Waals surface area contributed by atoms with Crippen LogP contribution in [-0.2, 0) is 16.1 Å². The predicted octanol–water partition coefficient (Wildman–Crippen LogP) is 2.72. The molecule has 2 rings (SSSR count). The smallest absolute Gasteiger partial charge is 0.410 e. The molecule has 1 aliphatic heterocycles. The molecule has 0 saturated carbocycles. The second-order valence-corrected chi connectivity index (χ2v) is 6.07. The summed E-state index contributed by atoms with van der Waals surface area (Å²) >= 11 is 3.39. The molecular weight excluding hydrogens is 350 g/mol. The lowest BCUT2D eigenvalue weighted by molar-refractivity contribution is 0.0447. The van der Waals surface area contributed by atoms with Gasteiger partial charge in [-0.25, -0.2) is 4.79 Å². The summed E-state index contributed by atoms with van der Waals surface area (Å²) in [6.45, 7) is 4.48. The lowest BCUT2D eigenvalue weighted by Crippen LogP contribution is -2.38. The van der Waals surface area contributed by atoms with Crippen LogP contribution < -0.4 is 0 Å². The van der Waals surface area contributed by atoms with Gasteiger partial charge in [0.25, 0.3) is 0 Å². The molecule has 1 N–H and O–H groups in total. The minimum Gasteiger partial charge on any atom is -0.445 e. The number of likely N-dealkylation sites (tertiary alicyclic amines) is 1. The van der Waals surface area contributed by atoms with Crippen molar-refractivity contribution in [2.24, 2.45) is 0 Å². The van der Waals surface area contributed by atoms with Gasteiger partial charge in [0, 0.05) is 4.47 Å². The van der Waals surface area contributed by atoms with Gasteiger partial charge in [-0.1, -0.05) is 40.7 Å². The first-order valence-corrected chi connectivity index (χ1v) is 7.94. The fourth-order valence-electron chi connectivity index (χ4n) is 2.40. The molecule has 0 aromatic heterocycles. The van der Waals surface area contributed by atoms with Gasteiger partial charge in [0.1, 0.15) is 6.61 Å². The molecule has 120 valence electrons. The molecule has 2 atom stereocenters. The summed E-state index contributed by atoms with van der Waals surface area (Å²) in [6.07, 6.45) is 1.59. The second-order valence-electron chi connectivity index (χ2n) is 5.15. The molecule has 5 nitrogen and oxygen atoms in total. The van der Waals surface area contributed by atoms with Crippen molar-refractivity contribution < 1.29 is 19.4 Å². The first kappa shape index (κ1) is 17.0. The number of aliphatic hydroxyl groups is 1. The molecule has 22 heavy (non-hydrogen) atoms. The Hall–Kier alpha value is -1.37. The van der Waals surface area contributed by atoms with Crippen LogP contribution in [0.3, 0.4) is 0 Å². The van der Waals surface area contributed by atoms with E-state index in [1.807, 2.05) is 24.3 Å². The fourth-order valence-corrected chi connectivity index (χ4v) is 2.66. The van der Waals surface area contributed by atoms with Crippen molar-refractivity contribution in [1.82, 2.24) is 4.90 Å². The zero-order valence-electron chi connectivity index (χ0n) is 12.3. The van der Waals surface area contributed by atoms with Gasteiger partial charge in [-0.05, 0) is 24.1 Å². The van der Waals surface area contributed by atoms with Crippen LogP contribution in [0.4, 0.5) is 4.79 Å². The third kappa shape index (κ3) is 4.56. The quantitative estimate of drug-likeness (QED) is 0.783.